The second-order valence-corrected chi connectivity index (χ2v) is 9.24. The first-order valence-corrected chi connectivity index (χ1v) is 12.0. The second-order valence-electron chi connectivity index (χ2n) is 7.19. The first kappa shape index (κ1) is 20.3. The van der Waals surface area contributed by atoms with Crippen LogP contribution in [-0.4, -0.2) is 52.1 Å². The van der Waals surface area contributed by atoms with E-state index in [1.54, 1.807) is 23.4 Å². The number of methoxy groups -OCH3 is 1. The standard InChI is InChI=1S/C21H25N3O3S2/c1-27-16-8-6-15(7-9-16)24-20(26)19-17(10-13-28-19)22-21(24)29-14-18(25)23-11-4-2-3-5-12-23/h6-9H,2-5,10-14H2,1H3. The largest absolute Gasteiger partial charge is 0.497 e. The summed E-state index contributed by atoms with van der Waals surface area (Å²) in [5.41, 5.74) is 1.55. The van der Waals surface area contributed by atoms with E-state index >= 15 is 0 Å². The SMILES string of the molecule is COc1ccc(-n2c(SCC(=O)N3CCCCCC3)nc3c(c2=O)SCC3)cc1. The average Bonchev–Trinajstić information content (AvgIpc) is 3.05. The maximum Gasteiger partial charge on any atom is 0.272 e. The van der Waals surface area contributed by atoms with Crippen molar-refractivity contribution in [1.29, 1.82) is 0 Å². The zero-order chi connectivity index (χ0) is 20.2. The minimum absolute atomic E-state index is 0.0487. The molecule has 0 bridgehead atoms. The number of aromatic nitrogens is 2. The zero-order valence-electron chi connectivity index (χ0n) is 16.6. The van der Waals surface area contributed by atoms with Crippen LogP contribution in [-0.2, 0) is 11.2 Å². The topological polar surface area (TPSA) is 64.4 Å². The monoisotopic (exact) mass is 431 g/mol. The minimum Gasteiger partial charge on any atom is -0.497 e. The molecule has 1 aromatic carbocycles. The molecule has 29 heavy (non-hydrogen) atoms. The average molecular weight is 432 g/mol. The van der Waals surface area contributed by atoms with Gasteiger partial charge in [0.05, 0.1) is 29.1 Å². The van der Waals surface area contributed by atoms with Crippen LogP contribution in [0.4, 0.5) is 0 Å². The van der Waals surface area contributed by atoms with Crippen LogP contribution >= 0.6 is 23.5 Å². The van der Waals surface area contributed by atoms with Gasteiger partial charge in [-0.2, -0.15) is 0 Å². The summed E-state index contributed by atoms with van der Waals surface area (Å²) in [6.45, 7) is 1.66. The Morgan fingerprint density at radius 3 is 2.59 bits per heavy atom. The van der Waals surface area contributed by atoms with Gasteiger partial charge in [0.25, 0.3) is 5.56 Å². The van der Waals surface area contributed by atoms with Gasteiger partial charge in [-0.3, -0.25) is 14.2 Å². The van der Waals surface area contributed by atoms with Gasteiger partial charge >= 0.3 is 0 Å². The highest BCUT2D eigenvalue weighted by molar-refractivity contribution is 8.00. The van der Waals surface area contributed by atoms with E-state index < -0.39 is 0 Å². The summed E-state index contributed by atoms with van der Waals surface area (Å²) in [5, 5.41) is 0.588. The Hall–Kier alpha value is -1.93. The van der Waals surface area contributed by atoms with Crippen molar-refractivity contribution in [3.63, 3.8) is 0 Å². The lowest BCUT2D eigenvalue weighted by molar-refractivity contribution is -0.128. The summed E-state index contributed by atoms with van der Waals surface area (Å²) in [6.07, 6.45) is 5.32. The number of aryl methyl sites for hydroxylation is 1. The van der Waals surface area contributed by atoms with Crippen molar-refractivity contribution in [2.75, 3.05) is 31.7 Å². The number of thioether (sulfide) groups is 2. The molecule has 0 saturated carbocycles. The molecule has 154 valence electrons. The van der Waals surface area contributed by atoms with Crippen molar-refractivity contribution in [1.82, 2.24) is 14.5 Å². The van der Waals surface area contributed by atoms with E-state index in [2.05, 4.69) is 0 Å². The number of hydrogen-bond donors (Lipinski definition) is 0. The van der Waals surface area contributed by atoms with Gasteiger partial charge < -0.3 is 9.64 Å². The molecular weight excluding hydrogens is 406 g/mol. The quantitative estimate of drug-likeness (QED) is 0.534. The van der Waals surface area contributed by atoms with Crippen molar-refractivity contribution in [3.8, 4) is 11.4 Å². The van der Waals surface area contributed by atoms with Gasteiger partial charge in [-0.05, 0) is 37.1 Å². The molecule has 0 N–H and O–H groups in total. The Kier molecular flexibility index (Phi) is 6.50. The fourth-order valence-electron chi connectivity index (χ4n) is 3.69. The normalized spacial score (nSPS) is 16.4. The highest BCUT2D eigenvalue weighted by Crippen LogP contribution is 2.30. The van der Waals surface area contributed by atoms with Gasteiger partial charge in [-0.25, -0.2) is 4.98 Å². The molecule has 1 aromatic heterocycles. The lowest BCUT2D eigenvalue weighted by atomic mass is 10.2. The molecule has 2 aromatic rings. The molecule has 6 nitrogen and oxygen atoms in total. The van der Waals surface area contributed by atoms with E-state index in [0.717, 1.165) is 60.1 Å². The summed E-state index contributed by atoms with van der Waals surface area (Å²) < 4.78 is 6.87. The number of carbonyl (C=O) groups is 1. The number of nitrogens with zero attached hydrogens (tertiary/aromatic N) is 3. The molecule has 0 aliphatic carbocycles. The van der Waals surface area contributed by atoms with E-state index in [-0.39, 0.29) is 11.5 Å². The Labute approximate surface area is 179 Å². The second kappa shape index (κ2) is 9.26. The number of hydrogen-bond acceptors (Lipinski definition) is 6. The third-order valence-electron chi connectivity index (χ3n) is 5.28. The van der Waals surface area contributed by atoms with Crippen molar-refractivity contribution in [2.24, 2.45) is 0 Å². The summed E-state index contributed by atoms with van der Waals surface area (Å²) in [7, 11) is 1.62. The van der Waals surface area contributed by atoms with Gasteiger partial charge in [-0.15, -0.1) is 11.8 Å². The smallest absolute Gasteiger partial charge is 0.272 e. The summed E-state index contributed by atoms with van der Waals surface area (Å²) in [6, 6.07) is 7.38. The number of carbonyl (C=O) groups excluding carboxylic acids is 1. The molecule has 4 rings (SSSR count). The van der Waals surface area contributed by atoms with Crippen LogP contribution in [0.5, 0.6) is 5.75 Å². The Morgan fingerprint density at radius 2 is 1.90 bits per heavy atom. The van der Waals surface area contributed by atoms with Crippen molar-refractivity contribution >= 4 is 29.4 Å². The molecule has 0 unspecified atom stereocenters. The maximum absolute atomic E-state index is 13.2. The van der Waals surface area contributed by atoms with Crippen LogP contribution < -0.4 is 10.3 Å². The molecule has 8 heteroatoms. The molecule has 3 heterocycles. The van der Waals surface area contributed by atoms with E-state index in [4.69, 9.17) is 9.72 Å². The molecule has 1 fully saturated rings. The van der Waals surface area contributed by atoms with Crippen LogP contribution in [0.1, 0.15) is 31.4 Å². The third kappa shape index (κ3) is 4.48. The molecule has 2 aliphatic rings. The fourth-order valence-corrected chi connectivity index (χ4v) is 5.64. The van der Waals surface area contributed by atoms with Crippen LogP contribution in [0.25, 0.3) is 5.69 Å². The van der Waals surface area contributed by atoms with Crippen molar-refractivity contribution in [2.45, 2.75) is 42.2 Å². The maximum atomic E-state index is 13.2. The third-order valence-corrected chi connectivity index (χ3v) is 7.31. The van der Waals surface area contributed by atoms with E-state index in [9.17, 15) is 9.59 Å². The highest BCUT2D eigenvalue weighted by atomic mass is 32.2. The number of benzene rings is 1. The first-order chi connectivity index (χ1) is 14.2. The predicted octanol–water partition coefficient (Wildman–Crippen LogP) is 3.38. The lowest BCUT2D eigenvalue weighted by Crippen LogP contribution is -2.33. The van der Waals surface area contributed by atoms with Crippen molar-refractivity contribution < 1.29 is 9.53 Å². The molecule has 0 atom stereocenters. The fraction of sp³-hybridized carbons (Fsp3) is 0.476. The molecule has 0 radical (unpaired) electrons. The number of likely N-dealkylation sites (tertiary alicyclic amines) is 1. The molecule has 1 amide bonds. The van der Waals surface area contributed by atoms with Gasteiger partial charge in [0.1, 0.15) is 5.75 Å². The van der Waals surface area contributed by atoms with Crippen molar-refractivity contribution in [3.05, 3.63) is 40.3 Å². The Balaban J connectivity index is 1.62. The van der Waals surface area contributed by atoms with Gasteiger partial charge in [0.2, 0.25) is 5.91 Å². The summed E-state index contributed by atoms with van der Waals surface area (Å²) >= 11 is 2.92. The Morgan fingerprint density at radius 1 is 1.17 bits per heavy atom. The molecule has 0 spiro atoms. The minimum atomic E-state index is -0.0487. The Bertz CT molecular complexity index is 935. The number of ether oxygens (including phenoxy) is 1. The van der Waals surface area contributed by atoms with Crippen LogP contribution in [0.15, 0.2) is 39.1 Å². The van der Waals surface area contributed by atoms with Crippen LogP contribution in [0.2, 0.25) is 0 Å². The lowest BCUT2D eigenvalue weighted by Gasteiger charge is -2.20. The molecular formula is C21H25N3O3S2. The number of amides is 1. The van der Waals surface area contributed by atoms with E-state index in [1.165, 1.54) is 24.6 Å². The number of rotatable bonds is 5. The van der Waals surface area contributed by atoms with Crippen LogP contribution in [0.3, 0.4) is 0 Å². The van der Waals surface area contributed by atoms with Gasteiger partial charge in [0, 0.05) is 25.3 Å². The number of fused-ring (bicyclic) bond motifs is 1. The highest BCUT2D eigenvalue weighted by Gasteiger charge is 2.24. The molecule has 2 aliphatic heterocycles. The first-order valence-electron chi connectivity index (χ1n) is 10.0. The van der Waals surface area contributed by atoms with Gasteiger partial charge in [0.15, 0.2) is 5.16 Å². The summed E-state index contributed by atoms with van der Waals surface area (Å²) in [5.74, 6) is 2.04. The van der Waals surface area contributed by atoms with E-state index in [1.807, 2.05) is 29.2 Å². The zero-order valence-corrected chi connectivity index (χ0v) is 18.2. The summed E-state index contributed by atoms with van der Waals surface area (Å²) in [4.78, 5) is 33.4. The van der Waals surface area contributed by atoms with Crippen LogP contribution in [0, 0.1) is 0 Å². The van der Waals surface area contributed by atoms with Gasteiger partial charge in [-0.1, -0.05) is 24.6 Å². The van der Waals surface area contributed by atoms with E-state index in [0.29, 0.717) is 10.9 Å². The molecule has 1 saturated heterocycles. The predicted molar refractivity (Wildman–Crippen MR) is 117 cm³/mol.